The van der Waals surface area contributed by atoms with Gasteiger partial charge in [-0.2, -0.15) is 0 Å². The third-order valence-electron chi connectivity index (χ3n) is 4.02. The Morgan fingerprint density at radius 3 is 2.63 bits per heavy atom. The standard InChI is InChI=1S/C14H20N2O2.ClH/c1-9(10-2-3-10)16(12-4-5-12)14(17)11-6-13(7-15)18-8-11;/h6,8-10,12H,2-5,7,15H2,1H3;1H. The van der Waals surface area contributed by atoms with E-state index in [-0.39, 0.29) is 18.3 Å². The summed E-state index contributed by atoms with van der Waals surface area (Å²) in [4.78, 5) is 14.6. The van der Waals surface area contributed by atoms with E-state index < -0.39 is 0 Å². The van der Waals surface area contributed by atoms with Gasteiger partial charge in [-0.3, -0.25) is 4.79 Å². The van der Waals surface area contributed by atoms with E-state index in [9.17, 15) is 4.79 Å². The fraction of sp³-hybridized carbons (Fsp3) is 0.643. The van der Waals surface area contributed by atoms with Crippen molar-refractivity contribution >= 4 is 18.3 Å². The molecule has 2 aliphatic rings. The van der Waals surface area contributed by atoms with E-state index in [4.69, 9.17) is 10.2 Å². The zero-order valence-corrected chi connectivity index (χ0v) is 12.0. The van der Waals surface area contributed by atoms with Gasteiger partial charge in [-0.15, -0.1) is 12.4 Å². The van der Waals surface area contributed by atoms with Gasteiger partial charge in [0.25, 0.3) is 5.91 Å². The average molecular weight is 285 g/mol. The fourth-order valence-corrected chi connectivity index (χ4v) is 2.59. The van der Waals surface area contributed by atoms with Crippen LogP contribution in [0.4, 0.5) is 0 Å². The molecule has 106 valence electrons. The van der Waals surface area contributed by atoms with Gasteiger partial charge in [-0.25, -0.2) is 0 Å². The molecule has 2 N–H and O–H groups in total. The molecule has 1 aromatic rings. The molecule has 2 aliphatic carbocycles. The van der Waals surface area contributed by atoms with E-state index in [1.807, 2.05) is 0 Å². The minimum atomic E-state index is 0. The molecule has 4 nitrogen and oxygen atoms in total. The number of rotatable bonds is 5. The van der Waals surface area contributed by atoms with Crippen LogP contribution in [0.1, 0.15) is 48.7 Å². The van der Waals surface area contributed by atoms with Crippen molar-refractivity contribution in [3.63, 3.8) is 0 Å². The van der Waals surface area contributed by atoms with Crippen LogP contribution in [0.15, 0.2) is 16.7 Å². The number of hydrogen-bond acceptors (Lipinski definition) is 3. The summed E-state index contributed by atoms with van der Waals surface area (Å²) in [6.45, 7) is 2.52. The van der Waals surface area contributed by atoms with Crippen molar-refractivity contribution < 1.29 is 9.21 Å². The molecule has 0 aromatic carbocycles. The summed E-state index contributed by atoms with van der Waals surface area (Å²) in [6, 6.07) is 2.59. The first-order chi connectivity index (χ1) is 8.70. The van der Waals surface area contributed by atoms with Gasteiger partial charge in [0, 0.05) is 12.1 Å². The number of furan rings is 1. The number of nitrogens with zero attached hydrogens (tertiary/aromatic N) is 1. The first kappa shape index (κ1) is 14.4. The predicted molar refractivity (Wildman–Crippen MR) is 75.2 cm³/mol. The van der Waals surface area contributed by atoms with Crippen molar-refractivity contribution in [3.05, 3.63) is 23.7 Å². The topological polar surface area (TPSA) is 59.5 Å². The number of carbonyl (C=O) groups is 1. The number of halogens is 1. The smallest absolute Gasteiger partial charge is 0.257 e. The lowest BCUT2D eigenvalue weighted by molar-refractivity contribution is 0.0653. The summed E-state index contributed by atoms with van der Waals surface area (Å²) in [6.07, 6.45) is 6.35. The maximum absolute atomic E-state index is 12.6. The lowest BCUT2D eigenvalue weighted by Gasteiger charge is -2.29. The molecule has 0 saturated heterocycles. The van der Waals surface area contributed by atoms with Gasteiger partial charge in [0.05, 0.1) is 12.1 Å². The van der Waals surface area contributed by atoms with Gasteiger partial charge in [0.1, 0.15) is 12.0 Å². The Balaban J connectivity index is 0.00000133. The van der Waals surface area contributed by atoms with E-state index in [0.717, 1.165) is 12.8 Å². The largest absolute Gasteiger partial charge is 0.467 e. The minimum Gasteiger partial charge on any atom is -0.467 e. The summed E-state index contributed by atoms with van der Waals surface area (Å²) < 4.78 is 5.27. The van der Waals surface area contributed by atoms with Crippen LogP contribution < -0.4 is 5.73 Å². The van der Waals surface area contributed by atoms with Crippen molar-refractivity contribution in [2.45, 2.75) is 51.2 Å². The van der Waals surface area contributed by atoms with Crippen LogP contribution in [-0.2, 0) is 6.54 Å². The second-order valence-corrected chi connectivity index (χ2v) is 5.53. The fourth-order valence-electron chi connectivity index (χ4n) is 2.59. The molecule has 1 aromatic heterocycles. The van der Waals surface area contributed by atoms with Gasteiger partial charge in [-0.05, 0) is 44.6 Å². The quantitative estimate of drug-likeness (QED) is 0.904. The summed E-state index contributed by atoms with van der Waals surface area (Å²) in [5, 5.41) is 0. The van der Waals surface area contributed by atoms with Crippen LogP contribution in [0.2, 0.25) is 0 Å². The lowest BCUT2D eigenvalue weighted by atomic mass is 10.1. The first-order valence-corrected chi connectivity index (χ1v) is 6.81. The van der Waals surface area contributed by atoms with Crippen molar-refractivity contribution in [3.8, 4) is 0 Å². The Morgan fingerprint density at radius 1 is 1.47 bits per heavy atom. The van der Waals surface area contributed by atoms with Crippen LogP contribution in [0.25, 0.3) is 0 Å². The van der Waals surface area contributed by atoms with Crippen LogP contribution in [-0.4, -0.2) is 22.9 Å². The zero-order valence-electron chi connectivity index (χ0n) is 11.2. The predicted octanol–water partition coefficient (Wildman–Crippen LogP) is 2.56. The molecule has 1 heterocycles. The number of hydrogen-bond donors (Lipinski definition) is 1. The molecule has 1 unspecified atom stereocenters. The third kappa shape index (κ3) is 2.95. The van der Waals surface area contributed by atoms with Crippen LogP contribution >= 0.6 is 12.4 Å². The number of carbonyl (C=O) groups excluding carboxylic acids is 1. The maximum Gasteiger partial charge on any atom is 0.257 e. The van der Waals surface area contributed by atoms with E-state index >= 15 is 0 Å². The van der Waals surface area contributed by atoms with Crippen molar-refractivity contribution in [1.29, 1.82) is 0 Å². The summed E-state index contributed by atoms with van der Waals surface area (Å²) >= 11 is 0. The van der Waals surface area contributed by atoms with E-state index in [1.54, 1.807) is 12.3 Å². The molecule has 5 heteroatoms. The molecule has 19 heavy (non-hydrogen) atoms. The van der Waals surface area contributed by atoms with E-state index in [2.05, 4.69) is 11.8 Å². The lowest BCUT2D eigenvalue weighted by Crippen LogP contribution is -2.41. The highest BCUT2D eigenvalue weighted by Crippen LogP contribution is 2.40. The Morgan fingerprint density at radius 2 is 2.16 bits per heavy atom. The second-order valence-electron chi connectivity index (χ2n) is 5.53. The first-order valence-electron chi connectivity index (χ1n) is 6.81. The van der Waals surface area contributed by atoms with Crippen molar-refractivity contribution in [1.82, 2.24) is 4.90 Å². The van der Waals surface area contributed by atoms with Gasteiger partial charge in [-0.1, -0.05) is 0 Å². The highest BCUT2D eigenvalue weighted by Gasteiger charge is 2.42. The molecule has 0 spiro atoms. The average Bonchev–Trinajstić information content (AvgIpc) is 3.27. The second kappa shape index (κ2) is 5.55. The monoisotopic (exact) mass is 284 g/mol. The Hall–Kier alpha value is -1.00. The minimum absolute atomic E-state index is 0. The SMILES string of the molecule is CC(C1CC1)N(C(=O)c1coc(CN)c1)C1CC1.Cl. The highest BCUT2D eigenvalue weighted by molar-refractivity contribution is 5.94. The summed E-state index contributed by atoms with van der Waals surface area (Å²) in [5.41, 5.74) is 6.16. The maximum atomic E-state index is 12.6. The van der Waals surface area contributed by atoms with Crippen LogP contribution in [0.5, 0.6) is 0 Å². The summed E-state index contributed by atoms with van der Waals surface area (Å²) in [5.74, 6) is 1.49. The number of amides is 1. The Bertz CT molecular complexity index is 452. The van der Waals surface area contributed by atoms with Crippen LogP contribution in [0, 0.1) is 5.92 Å². The van der Waals surface area contributed by atoms with E-state index in [1.165, 1.54) is 12.8 Å². The van der Waals surface area contributed by atoms with Gasteiger partial charge >= 0.3 is 0 Å². The molecular weight excluding hydrogens is 264 g/mol. The van der Waals surface area contributed by atoms with Gasteiger partial charge in [0.2, 0.25) is 0 Å². The molecule has 0 bridgehead atoms. The van der Waals surface area contributed by atoms with E-state index in [0.29, 0.717) is 35.9 Å². The zero-order chi connectivity index (χ0) is 12.7. The molecule has 2 saturated carbocycles. The Kier molecular flexibility index (Phi) is 4.21. The van der Waals surface area contributed by atoms with Crippen LogP contribution in [0.3, 0.4) is 0 Å². The molecule has 1 amide bonds. The van der Waals surface area contributed by atoms with Gasteiger partial charge in [0.15, 0.2) is 0 Å². The Labute approximate surface area is 119 Å². The normalized spacial score (nSPS) is 19.7. The molecular formula is C14H21ClN2O2. The van der Waals surface area contributed by atoms with Crippen molar-refractivity contribution in [2.75, 3.05) is 0 Å². The molecule has 0 aliphatic heterocycles. The van der Waals surface area contributed by atoms with Gasteiger partial charge < -0.3 is 15.1 Å². The van der Waals surface area contributed by atoms with Crippen molar-refractivity contribution in [2.24, 2.45) is 11.7 Å². The molecule has 3 rings (SSSR count). The number of nitrogens with two attached hydrogens (primary N) is 1. The molecule has 2 fully saturated rings. The molecule has 1 atom stereocenters. The third-order valence-corrected chi connectivity index (χ3v) is 4.02. The molecule has 0 radical (unpaired) electrons. The summed E-state index contributed by atoms with van der Waals surface area (Å²) in [7, 11) is 0. The highest BCUT2D eigenvalue weighted by atomic mass is 35.5.